The van der Waals surface area contributed by atoms with Crippen molar-refractivity contribution in [2.45, 2.75) is 24.7 Å². The van der Waals surface area contributed by atoms with Crippen molar-refractivity contribution in [3.05, 3.63) is 77.7 Å². The number of halogens is 2. The van der Waals surface area contributed by atoms with Crippen LogP contribution in [0.3, 0.4) is 0 Å². The van der Waals surface area contributed by atoms with Gasteiger partial charge in [-0.3, -0.25) is 0 Å². The highest BCUT2D eigenvalue weighted by atomic mass is 19.1. The van der Waals surface area contributed by atoms with Crippen LogP contribution in [0.25, 0.3) is 11.1 Å². The second-order valence-corrected chi connectivity index (χ2v) is 8.78. The van der Waals surface area contributed by atoms with Gasteiger partial charge in [0.25, 0.3) is 0 Å². The minimum atomic E-state index is -2.18. The standard InChI is InChI=1S/C26H25F2N5O3/c1-36-19-6-2-16(3-7-19)23-30-24(32-31-23)20-8-4-17(14-21(20)27)18-5-9-22(29-15-18)33-12-10-26(28,11-13-33)25(34)35/h2-9,14-15,24,32H,10-13H2,1H3,(H,30,31)(H,34,35). The number of nitrogens with zero attached hydrogens (tertiary/aromatic N) is 3. The smallest absolute Gasteiger partial charge is 0.341 e. The summed E-state index contributed by atoms with van der Waals surface area (Å²) in [4.78, 5) is 22.0. The Bertz CT molecular complexity index is 1290. The lowest BCUT2D eigenvalue weighted by molar-refractivity contribution is -0.152. The van der Waals surface area contributed by atoms with E-state index in [0.29, 0.717) is 22.8 Å². The maximum absolute atomic E-state index is 15.1. The molecule has 8 nitrogen and oxygen atoms in total. The topological polar surface area (TPSA) is 99.1 Å². The van der Waals surface area contributed by atoms with Crippen LogP contribution in [0.4, 0.5) is 14.6 Å². The van der Waals surface area contributed by atoms with E-state index < -0.39 is 23.6 Å². The summed E-state index contributed by atoms with van der Waals surface area (Å²) < 4.78 is 34.5. The van der Waals surface area contributed by atoms with E-state index in [2.05, 4.69) is 20.8 Å². The lowest BCUT2D eigenvalue weighted by atomic mass is 9.93. The maximum Gasteiger partial charge on any atom is 0.341 e. The minimum absolute atomic E-state index is 0.0921. The molecule has 186 valence electrons. The first-order chi connectivity index (χ1) is 17.4. The summed E-state index contributed by atoms with van der Waals surface area (Å²) in [6, 6.07) is 15.9. The van der Waals surface area contributed by atoms with Crippen molar-refractivity contribution in [1.29, 1.82) is 0 Å². The Kier molecular flexibility index (Phi) is 6.27. The molecule has 0 spiro atoms. The third kappa shape index (κ3) is 4.59. The molecule has 5 rings (SSSR count). The number of alkyl halides is 1. The van der Waals surface area contributed by atoms with Crippen LogP contribution in [-0.4, -0.2) is 47.8 Å². The predicted octanol–water partition coefficient (Wildman–Crippen LogP) is 3.84. The highest BCUT2D eigenvalue weighted by molar-refractivity contribution is 5.99. The number of rotatable bonds is 6. The molecular weight excluding hydrogens is 468 g/mol. The first-order valence-electron chi connectivity index (χ1n) is 11.5. The lowest BCUT2D eigenvalue weighted by Gasteiger charge is -2.34. The molecule has 0 bridgehead atoms. The molecule has 2 aliphatic heterocycles. The van der Waals surface area contributed by atoms with Crippen molar-refractivity contribution in [1.82, 2.24) is 15.8 Å². The van der Waals surface area contributed by atoms with Crippen LogP contribution in [0, 0.1) is 5.82 Å². The van der Waals surface area contributed by atoms with Crippen LogP contribution < -0.4 is 20.5 Å². The number of methoxy groups -OCH3 is 1. The number of carboxylic acids is 1. The SMILES string of the molecule is COc1ccc(C2=NC(c3ccc(-c4ccc(N5CCC(F)(C(=O)O)CC5)nc4)cc3F)NN2)cc1. The minimum Gasteiger partial charge on any atom is -0.497 e. The summed E-state index contributed by atoms with van der Waals surface area (Å²) in [5, 5.41) is 9.05. The number of nitrogens with one attached hydrogen (secondary N) is 2. The molecule has 1 atom stereocenters. The normalized spacial score (nSPS) is 18.9. The molecule has 1 saturated heterocycles. The van der Waals surface area contributed by atoms with E-state index in [0.717, 1.165) is 16.9 Å². The fraction of sp³-hybridized carbons (Fsp3) is 0.269. The van der Waals surface area contributed by atoms with Gasteiger partial charge in [0.05, 0.1) is 7.11 Å². The van der Waals surface area contributed by atoms with Gasteiger partial charge in [-0.15, -0.1) is 0 Å². The summed E-state index contributed by atoms with van der Waals surface area (Å²) in [6.45, 7) is 0.528. The monoisotopic (exact) mass is 493 g/mol. The third-order valence-corrected chi connectivity index (χ3v) is 6.59. The molecule has 3 N–H and O–H groups in total. The van der Waals surface area contributed by atoms with Crippen molar-refractivity contribution in [3.63, 3.8) is 0 Å². The lowest BCUT2D eigenvalue weighted by Crippen LogP contribution is -2.46. The molecule has 2 aliphatic rings. The van der Waals surface area contributed by atoms with Gasteiger partial charge in [-0.05, 0) is 48.0 Å². The fourth-order valence-corrected chi connectivity index (χ4v) is 4.35. The number of aliphatic imine (C=N–C) groups is 1. The number of piperidine rings is 1. The number of carboxylic acid groups (broad SMARTS) is 1. The van der Waals surface area contributed by atoms with Gasteiger partial charge in [0, 0.05) is 48.8 Å². The van der Waals surface area contributed by atoms with Gasteiger partial charge in [-0.2, -0.15) is 0 Å². The zero-order valence-corrected chi connectivity index (χ0v) is 19.5. The van der Waals surface area contributed by atoms with Crippen molar-refractivity contribution in [2.75, 3.05) is 25.1 Å². The van der Waals surface area contributed by atoms with Gasteiger partial charge in [0.1, 0.15) is 29.4 Å². The Balaban J connectivity index is 1.28. The number of amidine groups is 1. The van der Waals surface area contributed by atoms with Crippen LogP contribution in [0.2, 0.25) is 0 Å². The number of ether oxygens (including phenoxy) is 1. The van der Waals surface area contributed by atoms with E-state index in [-0.39, 0.29) is 25.9 Å². The van der Waals surface area contributed by atoms with Crippen LogP contribution in [-0.2, 0) is 4.79 Å². The van der Waals surface area contributed by atoms with Crippen molar-refractivity contribution in [2.24, 2.45) is 4.99 Å². The summed E-state index contributed by atoms with van der Waals surface area (Å²) in [5.74, 6) is 0.158. The number of hydrazine groups is 1. The summed E-state index contributed by atoms with van der Waals surface area (Å²) in [7, 11) is 1.60. The second-order valence-electron chi connectivity index (χ2n) is 8.78. The highest BCUT2D eigenvalue weighted by Crippen LogP contribution is 2.31. The van der Waals surface area contributed by atoms with Crippen LogP contribution >= 0.6 is 0 Å². The molecule has 36 heavy (non-hydrogen) atoms. The highest BCUT2D eigenvalue weighted by Gasteiger charge is 2.42. The molecule has 1 aromatic heterocycles. The maximum atomic E-state index is 15.1. The Morgan fingerprint density at radius 3 is 2.39 bits per heavy atom. The number of hydrogen-bond acceptors (Lipinski definition) is 7. The van der Waals surface area contributed by atoms with Gasteiger partial charge in [-0.25, -0.2) is 29.0 Å². The summed E-state index contributed by atoms with van der Waals surface area (Å²) >= 11 is 0. The van der Waals surface area contributed by atoms with E-state index in [4.69, 9.17) is 9.84 Å². The number of anilines is 1. The number of benzene rings is 2. The summed E-state index contributed by atoms with van der Waals surface area (Å²) in [5.41, 5.74) is 6.46. The Hall–Kier alpha value is -4.05. The number of hydrogen-bond donors (Lipinski definition) is 3. The molecule has 1 fully saturated rings. The van der Waals surface area contributed by atoms with Gasteiger partial charge in [0.2, 0.25) is 5.67 Å². The number of pyridine rings is 1. The average Bonchev–Trinajstić information content (AvgIpc) is 3.39. The zero-order valence-electron chi connectivity index (χ0n) is 19.5. The van der Waals surface area contributed by atoms with E-state index in [9.17, 15) is 9.18 Å². The van der Waals surface area contributed by atoms with Crippen molar-refractivity contribution >= 4 is 17.6 Å². The quantitative estimate of drug-likeness (QED) is 0.480. The number of aromatic nitrogens is 1. The molecule has 0 radical (unpaired) electrons. The van der Waals surface area contributed by atoms with Crippen molar-refractivity contribution in [3.8, 4) is 16.9 Å². The predicted molar refractivity (Wildman–Crippen MR) is 131 cm³/mol. The molecule has 10 heteroatoms. The summed E-state index contributed by atoms with van der Waals surface area (Å²) in [6.07, 6.45) is 0.869. The Morgan fingerprint density at radius 1 is 1.08 bits per heavy atom. The Labute approximate surface area is 206 Å². The fourth-order valence-electron chi connectivity index (χ4n) is 4.35. The molecule has 0 saturated carbocycles. The first kappa shape index (κ1) is 23.7. The van der Waals surface area contributed by atoms with Gasteiger partial charge in [0.15, 0.2) is 0 Å². The molecule has 3 aromatic rings. The molecule has 2 aromatic carbocycles. The molecule has 0 aliphatic carbocycles. The first-order valence-corrected chi connectivity index (χ1v) is 11.5. The van der Waals surface area contributed by atoms with Crippen LogP contribution in [0.15, 0.2) is 65.8 Å². The Morgan fingerprint density at radius 2 is 1.78 bits per heavy atom. The second kappa shape index (κ2) is 9.54. The van der Waals surface area contributed by atoms with Gasteiger partial charge < -0.3 is 20.2 Å². The van der Waals surface area contributed by atoms with E-state index in [1.54, 1.807) is 25.4 Å². The molecular formula is C26H25F2N5O3. The molecule has 1 unspecified atom stereocenters. The van der Waals surface area contributed by atoms with E-state index >= 15 is 4.39 Å². The third-order valence-electron chi connectivity index (χ3n) is 6.59. The molecule has 3 heterocycles. The van der Waals surface area contributed by atoms with Crippen molar-refractivity contribution < 1.29 is 23.4 Å². The number of aliphatic carboxylic acids is 1. The van der Waals surface area contributed by atoms with E-state index in [1.165, 1.54) is 6.07 Å². The average molecular weight is 494 g/mol. The zero-order chi connectivity index (χ0) is 25.3. The van der Waals surface area contributed by atoms with Crippen LogP contribution in [0.5, 0.6) is 5.75 Å². The number of carbonyl (C=O) groups is 1. The van der Waals surface area contributed by atoms with Crippen LogP contribution in [0.1, 0.15) is 30.1 Å². The van der Waals surface area contributed by atoms with Gasteiger partial charge >= 0.3 is 5.97 Å². The largest absolute Gasteiger partial charge is 0.497 e. The van der Waals surface area contributed by atoms with E-state index in [1.807, 2.05) is 41.3 Å². The van der Waals surface area contributed by atoms with Gasteiger partial charge in [-0.1, -0.05) is 12.1 Å². The molecule has 0 amide bonds.